The van der Waals surface area contributed by atoms with Gasteiger partial charge in [-0.1, -0.05) is 24.3 Å². The number of alkyl halides is 6. The van der Waals surface area contributed by atoms with Crippen LogP contribution in [0.4, 0.5) is 30.7 Å². The molecule has 14 heteroatoms. The summed E-state index contributed by atoms with van der Waals surface area (Å²) in [4.78, 5) is 16.1. The molecule has 1 aliphatic rings. The van der Waals surface area contributed by atoms with Gasteiger partial charge in [-0.2, -0.15) is 26.3 Å². The maximum atomic E-state index is 14.0. The van der Waals surface area contributed by atoms with Gasteiger partial charge in [-0.05, 0) is 73.2 Å². The van der Waals surface area contributed by atoms with E-state index in [9.17, 15) is 49.1 Å². The molecule has 1 heterocycles. The van der Waals surface area contributed by atoms with Gasteiger partial charge < -0.3 is 10.4 Å². The zero-order valence-electron chi connectivity index (χ0n) is 21.7. The highest BCUT2D eigenvalue weighted by molar-refractivity contribution is 7.92. The quantitative estimate of drug-likeness (QED) is 0.269. The Hall–Kier alpha value is -3.52. The van der Waals surface area contributed by atoms with Crippen molar-refractivity contribution in [1.82, 2.24) is 10.3 Å². The van der Waals surface area contributed by atoms with Crippen LogP contribution in [0.5, 0.6) is 0 Å². The zero-order valence-corrected chi connectivity index (χ0v) is 22.5. The summed E-state index contributed by atoms with van der Waals surface area (Å²) in [7, 11) is -4.39. The van der Waals surface area contributed by atoms with Crippen molar-refractivity contribution in [3.63, 3.8) is 0 Å². The van der Waals surface area contributed by atoms with Crippen LogP contribution in [0.2, 0.25) is 0 Å². The number of nitrogens with one attached hydrogen (secondary N) is 1. The molecule has 0 radical (unpaired) electrons. The largest absolute Gasteiger partial charge is 0.430 e. The van der Waals surface area contributed by atoms with Crippen molar-refractivity contribution in [2.45, 2.75) is 65.7 Å². The summed E-state index contributed by atoms with van der Waals surface area (Å²) < 4.78 is 120. The molecule has 2 N–H and O–H groups in total. The Labute approximate surface area is 236 Å². The highest BCUT2D eigenvalue weighted by Gasteiger charge is 2.71. The van der Waals surface area contributed by atoms with Crippen molar-refractivity contribution >= 4 is 15.7 Å². The fraction of sp³-hybridized carbons (Fsp3) is 0.357. The van der Waals surface area contributed by atoms with E-state index in [1.54, 1.807) is 12.1 Å². The van der Waals surface area contributed by atoms with Crippen molar-refractivity contribution < 1.29 is 49.1 Å². The molecule has 226 valence electrons. The number of hydrogen-bond donors (Lipinski definition) is 2. The molecule has 0 bridgehead atoms. The Morgan fingerprint density at radius 3 is 1.90 bits per heavy atom. The summed E-state index contributed by atoms with van der Waals surface area (Å²) >= 11 is 0. The molecule has 0 unspecified atom stereocenters. The molecule has 2 aromatic carbocycles. The van der Waals surface area contributed by atoms with Crippen LogP contribution in [0.15, 0.2) is 78.0 Å². The molecule has 1 amide bonds. The molecule has 1 aromatic heterocycles. The van der Waals surface area contributed by atoms with Crippen LogP contribution in [0.1, 0.15) is 42.4 Å². The molecule has 0 spiro atoms. The first kappa shape index (κ1) is 31.4. The zero-order chi connectivity index (χ0) is 31.0. The minimum absolute atomic E-state index is 0.0425. The second-order valence-corrected chi connectivity index (χ2v) is 12.4. The molecule has 0 saturated heterocycles. The van der Waals surface area contributed by atoms with E-state index in [4.69, 9.17) is 0 Å². The molecule has 1 aliphatic carbocycles. The summed E-state index contributed by atoms with van der Waals surface area (Å²) in [6.07, 6.45) is -9.24. The molecule has 4 rings (SSSR count). The van der Waals surface area contributed by atoms with E-state index in [2.05, 4.69) is 10.3 Å². The van der Waals surface area contributed by atoms with Gasteiger partial charge in [-0.15, -0.1) is 0 Å². The summed E-state index contributed by atoms with van der Waals surface area (Å²) in [5.41, 5.74) is -6.12. The lowest BCUT2D eigenvalue weighted by Crippen LogP contribution is -2.54. The number of carbonyl (C=O) groups is 1. The summed E-state index contributed by atoms with van der Waals surface area (Å²) in [5.74, 6) is -1.05. The van der Waals surface area contributed by atoms with Crippen LogP contribution >= 0.6 is 0 Å². The third kappa shape index (κ3) is 5.74. The van der Waals surface area contributed by atoms with Gasteiger partial charge in [0.1, 0.15) is 10.6 Å². The smallest absolute Gasteiger partial charge is 0.369 e. The summed E-state index contributed by atoms with van der Waals surface area (Å²) in [5, 5.41) is 12.6. The number of aliphatic hydroxyl groups is 1. The monoisotopic (exact) mass is 618 g/mol. The number of aromatic nitrogens is 1. The van der Waals surface area contributed by atoms with Gasteiger partial charge in [0.15, 0.2) is 9.84 Å². The van der Waals surface area contributed by atoms with E-state index < -0.39 is 50.0 Å². The normalized spacial score (nSPS) is 20.2. The number of halogens is 7. The minimum Gasteiger partial charge on any atom is -0.369 e. The van der Waals surface area contributed by atoms with E-state index >= 15 is 0 Å². The van der Waals surface area contributed by atoms with Gasteiger partial charge in [-0.3, -0.25) is 9.78 Å². The lowest BCUT2D eigenvalue weighted by atomic mass is 9.79. The predicted molar refractivity (Wildman–Crippen MR) is 136 cm³/mol. The molecule has 1 fully saturated rings. The number of rotatable bonds is 7. The van der Waals surface area contributed by atoms with Crippen molar-refractivity contribution in [3.8, 4) is 0 Å². The highest BCUT2D eigenvalue weighted by Crippen LogP contribution is 2.51. The van der Waals surface area contributed by atoms with Crippen LogP contribution in [0, 0.1) is 5.82 Å². The van der Waals surface area contributed by atoms with E-state index in [0.717, 1.165) is 36.4 Å². The highest BCUT2D eigenvalue weighted by atomic mass is 32.2. The Kier molecular flexibility index (Phi) is 8.44. The predicted octanol–water partition coefficient (Wildman–Crippen LogP) is 5.50. The minimum atomic E-state index is -6.11. The first-order chi connectivity index (χ1) is 19.5. The lowest BCUT2D eigenvalue weighted by Gasteiger charge is -2.40. The van der Waals surface area contributed by atoms with Crippen LogP contribution in [0.3, 0.4) is 0 Å². The van der Waals surface area contributed by atoms with Gasteiger partial charge in [0.2, 0.25) is 5.91 Å². The van der Waals surface area contributed by atoms with E-state index in [1.165, 1.54) is 12.4 Å². The summed E-state index contributed by atoms with van der Waals surface area (Å²) in [6, 6.07) is 9.18. The lowest BCUT2D eigenvalue weighted by molar-refractivity contribution is -0.376. The second-order valence-electron chi connectivity index (χ2n) is 10.1. The number of benzene rings is 2. The van der Waals surface area contributed by atoms with E-state index in [0.29, 0.717) is 17.7 Å². The van der Waals surface area contributed by atoms with E-state index in [-0.39, 0.29) is 48.5 Å². The first-order valence-electron chi connectivity index (χ1n) is 12.7. The number of amides is 1. The summed E-state index contributed by atoms with van der Waals surface area (Å²) in [6.45, 7) is 0. The van der Waals surface area contributed by atoms with Crippen LogP contribution in [-0.4, -0.2) is 42.8 Å². The maximum Gasteiger partial charge on any atom is 0.430 e. The van der Waals surface area contributed by atoms with Crippen LogP contribution in [0.25, 0.3) is 0 Å². The second kappa shape index (κ2) is 11.3. The van der Waals surface area contributed by atoms with Gasteiger partial charge in [0, 0.05) is 24.0 Å². The molecule has 42 heavy (non-hydrogen) atoms. The molecular formula is C28H25F7N2O4S. The number of hydrogen-bond acceptors (Lipinski definition) is 5. The molecular weight excluding hydrogens is 593 g/mol. The average molecular weight is 619 g/mol. The number of nitrogens with zero attached hydrogens (tertiary/aromatic N) is 1. The number of carbonyl (C=O) groups excluding carboxylic acids is 1. The molecule has 0 atom stereocenters. The fourth-order valence-corrected chi connectivity index (χ4v) is 7.41. The molecule has 0 aliphatic heterocycles. The van der Waals surface area contributed by atoms with Gasteiger partial charge in [-0.25, -0.2) is 12.8 Å². The van der Waals surface area contributed by atoms with Gasteiger partial charge in [0.05, 0.1) is 11.3 Å². The Morgan fingerprint density at radius 1 is 0.881 bits per heavy atom. The average Bonchev–Trinajstić information content (AvgIpc) is 2.92. The molecule has 3 aromatic rings. The number of pyridine rings is 1. The third-order valence-electron chi connectivity index (χ3n) is 7.56. The van der Waals surface area contributed by atoms with Crippen molar-refractivity contribution in [2.75, 3.05) is 0 Å². The SMILES string of the molecule is O=C(Cc1ccncc1)N[C@H]1CC[C@@](c2ccc(C(O)(C(F)(F)F)C(F)(F)F)cc2)(S(=O)(=O)c2ccc(F)cc2)CC1. The van der Waals surface area contributed by atoms with Crippen molar-refractivity contribution in [1.29, 1.82) is 0 Å². The molecule has 6 nitrogen and oxygen atoms in total. The third-order valence-corrected chi connectivity index (χ3v) is 10.1. The van der Waals surface area contributed by atoms with Crippen LogP contribution in [-0.2, 0) is 31.4 Å². The Bertz CT molecular complexity index is 1490. The van der Waals surface area contributed by atoms with Gasteiger partial charge in [0.25, 0.3) is 5.60 Å². The first-order valence-corrected chi connectivity index (χ1v) is 14.1. The maximum absolute atomic E-state index is 14.0. The Morgan fingerprint density at radius 2 is 1.40 bits per heavy atom. The van der Waals surface area contributed by atoms with E-state index in [1.807, 2.05) is 0 Å². The standard InChI is InChI=1S/C28H25F7N2O4S/c29-21-5-7-23(8-6-21)42(40,41)25(13-9-22(10-14-25)37-24(38)17-18-11-15-36-16-12-18)19-1-3-20(4-2-19)26(39,27(30,31)32)28(33,34)35/h1-8,11-12,15-16,22,39H,9-10,13-14,17H2,(H,37,38)/t22-,25+. The van der Waals surface area contributed by atoms with Crippen molar-refractivity contribution in [3.05, 3.63) is 95.6 Å². The fourth-order valence-electron chi connectivity index (χ4n) is 5.25. The Balaban J connectivity index is 1.68. The van der Waals surface area contributed by atoms with Crippen LogP contribution < -0.4 is 5.32 Å². The number of sulfone groups is 1. The van der Waals surface area contributed by atoms with Gasteiger partial charge >= 0.3 is 12.4 Å². The topological polar surface area (TPSA) is 96.4 Å². The van der Waals surface area contributed by atoms with Crippen molar-refractivity contribution in [2.24, 2.45) is 0 Å². The molecule has 1 saturated carbocycles.